The Morgan fingerprint density at radius 3 is 2.88 bits per heavy atom. The molecule has 4 rings (SSSR count). The van der Waals surface area contributed by atoms with Gasteiger partial charge in [0.1, 0.15) is 0 Å². The van der Waals surface area contributed by atoms with Crippen LogP contribution >= 0.6 is 0 Å². The minimum absolute atomic E-state index is 0.0308. The van der Waals surface area contributed by atoms with Crippen LogP contribution in [0.15, 0.2) is 42.5 Å². The Morgan fingerprint density at radius 1 is 1.12 bits per heavy atom. The summed E-state index contributed by atoms with van der Waals surface area (Å²) in [6.07, 6.45) is 2.94. The number of carbonyl (C=O) groups is 2. The molecule has 0 saturated heterocycles. The molecule has 6 heteroatoms. The summed E-state index contributed by atoms with van der Waals surface area (Å²) in [4.78, 5) is 24.4. The molecule has 0 spiro atoms. The van der Waals surface area contributed by atoms with E-state index >= 15 is 0 Å². The van der Waals surface area contributed by atoms with Gasteiger partial charge in [-0.1, -0.05) is 24.3 Å². The fourth-order valence-corrected chi connectivity index (χ4v) is 3.38. The molecule has 0 radical (unpaired) electrons. The van der Waals surface area contributed by atoms with Crippen molar-refractivity contribution in [2.75, 3.05) is 13.4 Å². The van der Waals surface area contributed by atoms with Gasteiger partial charge in [-0.25, -0.2) is 4.79 Å². The zero-order chi connectivity index (χ0) is 17.9. The van der Waals surface area contributed by atoms with Gasteiger partial charge < -0.3 is 19.5 Å². The van der Waals surface area contributed by atoms with Gasteiger partial charge in [-0.15, -0.1) is 0 Å². The number of amides is 1. The first-order chi connectivity index (χ1) is 12.7. The highest BCUT2D eigenvalue weighted by atomic mass is 16.7. The summed E-state index contributed by atoms with van der Waals surface area (Å²) in [7, 11) is 0. The van der Waals surface area contributed by atoms with Crippen LogP contribution in [-0.2, 0) is 16.0 Å². The van der Waals surface area contributed by atoms with E-state index in [9.17, 15) is 9.59 Å². The molecule has 2 aliphatic rings. The van der Waals surface area contributed by atoms with Gasteiger partial charge in [-0.05, 0) is 48.6 Å². The van der Waals surface area contributed by atoms with E-state index in [4.69, 9.17) is 14.2 Å². The van der Waals surface area contributed by atoms with Gasteiger partial charge in [0.05, 0.1) is 11.6 Å². The Hall–Kier alpha value is -3.02. The largest absolute Gasteiger partial charge is 0.454 e. The quantitative estimate of drug-likeness (QED) is 0.856. The summed E-state index contributed by atoms with van der Waals surface area (Å²) < 4.78 is 15.6. The van der Waals surface area contributed by atoms with Crippen molar-refractivity contribution >= 4 is 11.9 Å². The van der Waals surface area contributed by atoms with Crippen LogP contribution in [0.25, 0.3) is 0 Å². The highest BCUT2D eigenvalue weighted by molar-refractivity contribution is 5.92. The zero-order valence-electron chi connectivity index (χ0n) is 14.2. The Balaban J connectivity index is 1.34. The van der Waals surface area contributed by atoms with E-state index in [1.807, 2.05) is 18.2 Å². The number of hydrogen-bond donors (Lipinski definition) is 1. The van der Waals surface area contributed by atoms with Gasteiger partial charge in [0.15, 0.2) is 18.1 Å². The summed E-state index contributed by atoms with van der Waals surface area (Å²) in [6, 6.07) is 12.9. The average Bonchev–Trinajstić information content (AvgIpc) is 3.14. The molecule has 1 amide bonds. The van der Waals surface area contributed by atoms with Gasteiger partial charge in [0, 0.05) is 0 Å². The SMILES string of the molecule is O=C(COC(=O)c1ccc2c(c1)OCO2)N[C@H]1CCCc2ccccc21. The average molecular weight is 353 g/mol. The minimum atomic E-state index is -0.567. The topological polar surface area (TPSA) is 73.9 Å². The third kappa shape index (κ3) is 3.35. The monoisotopic (exact) mass is 353 g/mol. The molecule has 0 fully saturated rings. The first-order valence-corrected chi connectivity index (χ1v) is 8.64. The van der Waals surface area contributed by atoms with Gasteiger partial charge in [0.25, 0.3) is 5.91 Å². The minimum Gasteiger partial charge on any atom is -0.454 e. The van der Waals surface area contributed by atoms with Gasteiger partial charge in [-0.3, -0.25) is 4.79 Å². The van der Waals surface area contributed by atoms with Gasteiger partial charge in [-0.2, -0.15) is 0 Å². The van der Waals surface area contributed by atoms with Crippen LogP contribution in [0.5, 0.6) is 11.5 Å². The van der Waals surface area contributed by atoms with E-state index in [2.05, 4.69) is 11.4 Å². The van der Waals surface area contributed by atoms with Crippen molar-refractivity contribution in [1.29, 1.82) is 0 Å². The maximum atomic E-state index is 12.2. The Labute approximate surface area is 151 Å². The fourth-order valence-electron chi connectivity index (χ4n) is 3.38. The lowest BCUT2D eigenvalue weighted by molar-refractivity contribution is -0.125. The van der Waals surface area contributed by atoms with Crippen LogP contribution in [0.4, 0.5) is 0 Å². The van der Waals surface area contributed by atoms with E-state index in [0.717, 1.165) is 24.8 Å². The van der Waals surface area contributed by atoms with Crippen LogP contribution in [0, 0.1) is 0 Å². The summed E-state index contributed by atoms with van der Waals surface area (Å²) in [6.45, 7) is -0.176. The van der Waals surface area contributed by atoms with Crippen molar-refractivity contribution in [3.05, 3.63) is 59.2 Å². The summed E-state index contributed by atoms with van der Waals surface area (Å²) >= 11 is 0. The lowest BCUT2D eigenvalue weighted by Gasteiger charge is -2.26. The molecule has 26 heavy (non-hydrogen) atoms. The molecule has 1 N–H and O–H groups in total. The molecule has 0 saturated carbocycles. The molecule has 1 aliphatic carbocycles. The highest BCUT2D eigenvalue weighted by Crippen LogP contribution is 2.32. The van der Waals surface area contributed by atoms with Gasteiger partial charge >= 0.3 is 5.97 Å². The molecule has 134 valence electrons. The van der Waals surface area contributed by atoms with Crippen molar-refractivity contribution in [2.24, 2.45) is 0 Å². The zero-order valence-corrected chi connectivity index (χ0v) is 14.2. The maximum absolute atomic E-state index is 12.2. The van der Waals surface area contributed by atoms with Crippen molar-refractivity contribution in [2.45, 2.75) is 25.3 Å². The maximum Gasteiger partial charge on any atom is 0.338 e. The highest BCUT2D eigenvalue weighted by Gasteiger charge is 2.22. The predicted octanol–water partition coefficient (Wildman–Crippen LogP) is 2.77. The number of nitrogens with one attached hydrogen (secondary N) is 1. The first kappa shape index (κ1) is 16.4. The van der Waals surface area contributed by atoms with Crippen LogP contribution in [-0.4, -0.2) is 25.3 Å². The standard InChI is InChI=1S/C20H19NO5/c22-19(21-16-7-3-5-13-4-1-2-6-15(13)16)11-24-20(23)14-8-9-17-18(10-14)26-12-25-17/h1-2,4,6,8-10,16H,3,5,7,11-12H2,(H,21,22)/t16-/m0/s1. The second-order valence-electron chi connectivity index (χ2n) is 6.36. The number of esters is 1. The fraction of sp³-hybridized carbons (Fsp3) is 0.300. The number of rotatable bonds is 4. The Bertz CT molecular complexity index is 848. The number of fused-ring (bicyclic) bond motifs is 2. The lowest BCUT2D eigenvalue weighted by atomic mass is 9.88. The Kier molecular flexibility index (Phi) is 4.48. The van der Waals surface area contributed by atoms with Gasteiger partial charge in [0.2, 0.25) is 6.79 Å². The third-order valence-corrected chi connectivity index (χ3v) is 4.65. The number of benzene rings is 2. The number of aryl methyl sites for hydroxylation is 1. The van der Waals surface area contributed by atoms with Crippen molar-refractivity contribution in [3.8, 4) is 11.5 Å². The van der Waals surface area contributed by atoms with E-state index in [1.54, 1.807) is 18.2 Å². The smallest absolute Gasteiger partial charge is 0.338 e. The summed E-state index contributed by atoms with van der Waals surface area (Å²) in [5.74, 6) is 0.223. The molecule has 2 aromatic carbocycles. The van der Waals surface area contributed by atoms with Crippen LogP contribution < -0.4 is 14.8 Å². The second kappa shape index (κ2) is 7.07. The van der Waals surface area contributed by atoms with Crippen molar-refractivity contribution in [3.63, 3.8) is 0 Å². The Morgan fingerprint density at radius 2 is 1.96 bits per heavy atom. The summed E-state index contributed by atoms with van der Waals surface area (Å²) in [5, 5.41) is 2.96. The molecular formula is C20H19NO5. The molecule has 6 nitrogen and oxygen atoms in total. The van der Waals surface area contributed by atoms with E-state index in [1.165, 1.54) is 5.56 Å². The molecule has 1 aliphatic heterocycles. The predicted molar refractivity (Wildman–Crippen MR) is 93.1 cm³/mol. The third-order valence-electron chi connectivity index (χ3n) is 4.65. The van der Waals surface area contributed by atoms with Crippen LogP contribution in [0.1, 0.15) is 40.4 Å². The van der Waals surface area contributed by atoms with E-state index in [0.29, 0.717) is 17.1 Å². The van der Waals surface area contributed by atoms with Crippen molar-refractivity contribution in [1.82, 2.24) is 5.32 Å². The molecule has 2 aromatic rings. The molecule has 0 aromatic heterocycles. The molecular weight excluding hydrogens is 334 g/mol. The van der Waals surface area contributed by atoms with E-state index in [-0.39, 0.29) is 25.3 Å². The molecule has 0 bridgehead atoms. The summed E-state index contributed by atoms with van der Waals surface area (Å²) in [5.41, 5.74) is 2.74. The number of carbonyl (C=O) groups excluding carboxylic acids is 2. The molecule has 1 heterocycles. The van der Waals surface area contributed by atoms with E-state index < -0.39 is 5.97 Å². The van der Waals surface area contributed by atoms with Crippen molar-refractivity contribution < 1.29 is 23.8 Å². The number of ether oxygens (including phenoxy) is 3. The number of hydrogen-bond acceptors (Lipinski definition) is 5. The van der Waals surface area contributed by atoms with Crippen LogP contribution in [0.3, 0.4) is 0 Å². The normalized spacial score (nSPS) is 17.3. The molecule has 0 unspecified atom stereocenters. The lowest BCUT2D eigenvalue weighted by Crippen LogP contribution is -2.34. The first-order valence-electron chi connectivity index (χ1n) is 8.64. The van der Waals surface area contributed by atoms with Crippen LogP contribution in [0.2, 0.25) is 0 Å². The molecule has 1 atom stereocenters. The second-order valence-corrected chi connectivity index (χ2v) is 6.36.